The molecule has 1 aromatic rings. The number of hydrogen-bond donors (Lipinski definition) is 2. The highest BCUT2D eigenvalue weighted by Crippen LogP contribution is 2.22. The third kappa shape index (κ3) is 4.24. The van der Waals surface area contributed by atoms with Crippen LogP contribution in [0.25, 0.3) is 0 Å². The molecule has 0 saturated carbocycles. The number of carbonyl (C=O) groups is 1. The van der Waals surface area contributed by atoms with Gasteiger partial charge in [-0.25, -0.2) is 0 Å². The zero-order chi connectivity index (χ0) is 12.8. The van der Waals surface area contributed by atoms with E-state index in [1.54, 1.807) is 32.2 Å². The van der Waals surface area contributed by atoms with Gasteiger partial charge in [0.25, 0.3) is 0 Å². The van der Waals surface area contributed by atoms with E-state index in [4.69, 9.17) is 21.4 Å². The van der Waals surface area contributed by atoms with Gasteiger partial charge in [-0.2, -0.15) is 0 Å². The molecular weight excluding hydrogens is 242 g/mol. The van der Waals surface area contributed by atoms with Gasteiger partial charge in [0.05, 0.1) is 13.0 Å². The van der Waals surface area contributed by atoms with Crippen LogP contribution in [-0.4, -0.2) is 24.7 Å². The van der Waals surface area contributed by atoms with Crippen molar-refractivity contribution in [2.75, 3.05) is 13.7 Å². The monoisotopic (exact) mass is 257 g/mol. The summed E-state index contributed by atoms with van der Waals surface area (Å²) in [4.78, 5) is 10.6. The van der Waals surface area contributed by atoms with Gasteiger partial charge in [0.2, 0.25) is 0 Å². The number of benzene rings is 1. The predicted octanol–water partition coefficient (Wildman–Crippen LogP) is 2.16. The van der Waals surface area contributed by atoms with E-state index in [0.717, 1.165) is 11.3 Å². The molecule has 0 aliphatic heterocycles. The van der Waals surface area contributed by atoms with Crippen LogP contribution in [-0.2, 0) is 11.3 Å². The van der Waals surface area contributed by atoms with Gasteiger partial charge < -0.3 is 15.2 Å². The number of rotatable bonds is 6. The van der Waals surface area contributed by atoms with Crippen LogP contribution in [0.1, 0.15) is 12.5 Å². The number of carboxylic acid groups (broad SMARTS) is 1. The maximum Gasteiger partial charge on any atom is 0.307 e. The first kappa shape index (κ1) is 13.8. The molecule has 0 aliphatic carbocycles. The zero-order valence-electron chi connectivity index (χ0n) is 9.87. The van der Waals surface area contributed by atoms with Gasteiger partial charge in [-0.1, -0.05) is 18.5 Å². The topological polar surface area (TPSA) is 58.6 Å². The lowest BCUT2D eigenvalue weighted by Gasteiger charge is -2.11. The molecule has 1 aromatic carbocycles. The van der Waals surface area contributed by atoms with E-state index in [1.165, 1.54) is 0 Å². The van der Waals surface area contributed by atoms with Crippen LogP contribution < -0.4 is 10.1 Å². The van der Waals surface area contributed by atoms with Crippen molar-refractivity contribution < 1.29 is 14.6 Å². The van der Waals surface area contributed by atoms with Gasteiger partial charge >= 0.3 is 5.97 Å². The first-order valence-electron chi connectivity index (χ1n) is 5.30. The maximum absolute atomic E-state index is 10.6. The fraction of sp³-hybridized carbons (Fsp3) is 0.417. The molecule has 0 saturated heterocycles. The molecular formula is C12H16ClNO3. The second-order valence-corrected chi connectivity index (χ2v) is 4.26. The Morgan fingerprint density at radius 2 is 2.29 bits per heavy atom. The summed E-state index contributed by atoms with van der Waals surface area (Å²) < 4.78 is 5.19. The number of halogens is 1. The van der Waals surface area contributed by atoms with Crippen molar-refractivity contribution in [2.45, 2.75) is 13.5 Å². The van der Waals surface area contributed by atoms with Crippen LogP contribution in [0.5, 0.6) is 5.75 Å². The van der Waals surface area contributed by atoms with Crippen molar-refractivity contribution in [3.63, 3.8) is 0 Å². The molecule has 0 fully saturated rings. The van der Waals surface area contributed by atoms with Crippen molar-refractivity contribution in [3.8, 4) is 5.75 Å². The second-order valence-electron chi connectivity index (χ2n) is 3.83. The highest BCUT2D eigenvalue weighted by molar-refractivity contribution is 6.30. The Balaban J connectivity index is 2.56. The van der Waals surface area contributed by atoms with Gasteiger partial charge in [-0.3, -0.25) is 4.79 Å². The SMILES string of the molecule is COc1ccc(Cl)cc1CNCC(C)C(=O)O. The summed E-state index contributed by atoms with van der Waals surface area (Å²) in [5, 5.41) is 12.4. The molecule has 0 spiro atoms. The van der Waals surface area contributed by atoms with E-state index in [0.29, 0.717) is 18.1 Å². The molecule has 0 radical (unpaired) electrons. The predicted molar refractivity (Wildman–Crippen MR) is 66.5 cm³/mol. The van der Waals surface area contributed by atoms with Crippen molar-refractivity contribution >= 4 is 17.6 Å². The molecule has 1 rings (SSSR count). The summed E-state index contributed by atoms with van der Waals surface area (Å²) in [6, 6.07) is 5.35. The van der Waals surface area contributed by atoms with Crippen LogP contribution in [0.3, 0.4) is 0 Å². The van der Waals surface area contributed by atoms with Crippen LogP contribution in [0.4, 0.5) is 0 Å². The van der Waals surface area contributed by atoms with E-state index >= 15 is 0 Å². The normalized spacial score (nSPS) is 12.2. The van der Waals surface area contributed by atoms with E-state index < -0.39 is 11.9 Å². The van der Waals surface area contributed by atoms with Crippen molar-refractivity contribution in [1.29, 1.82) is 0 Å². The Morgan fingerprint density at radius 1 is 1.59 bits per heavy atom. The summed E-state index contributed by atoms with van der Waals surface area (Å²) in [5.74, 6) is -0.486. The number of methoxy groups -OCH3 is 1. The fourth-order valence-electron chi connectivity index (χ4n) is 1.40. The average molecular weight is 258 g/mol. The molecule has 1 atom stereocenters. The van der Waals surface area contributed by atoms with Gasteiger partial charge in [-0.15, -0.1) is 0 Å². The van der Waals surface area contributed by atoms with Crippen LogP contribution in [0, 0.1) is 5.92 Å². The molecule has 1 unspecified atom stereocenters. The number of nitrogens with one attached hydrogen (secondary N) is 1. The first-order chi connectivity index (χ1) is 8.04. The number of ether oxygens (including phenoxy) is 1. The first-order valence-corrected chi connectivity index (χ1v) is 5.68. The number of hydrogen-bond acceptors (Lipinski definition) is 3. The number of carboxylic acids is 1. The molecule has 0 amide bonds. The number of aliphatic carboxylic acids is 1. The van der Waals surface area contributed by atoms with E-state index in [9.17, 15) is 4.79 Å². The van der Waals surface area contributed by atoms with Crippen molar-refractivity contribution in [2.24, 2.45) is 5.92 Å². The van der Waals surface area contributed by atoms with E-state index in [2.05, 4.69) is 5.32 Å². The lowest BCUT2D eigenvalue weighted by Crippen LogP contribution is -2.26. The lowest BCUT2D eigenvalue weighted by atomic mass is 10.1. The summed E-state index contributed by atoms with van der Waals surface area (Å²) in [6.07, 6.45) is 0. The minimum Gasteiger partial charge on any atom is -0.496 e. The van der Waals surface area contributed by atoms with Crippen LogP contribution >= 0.6 is 11.6 Å². The zero-order valence-corrected chi connectivity index (χ0v) is 10.6. The third-order valence-electron chi connectivity index (χ3n) is 2.43. The molecule has 94 valence electrons. The minimum atomic E-state index is -0.810. The molecule has 0 bridgehead atoms. The Bertz CT molecular complexity index is 395. The highest BCUT2D eigenvalue weighted by atomic mass is 35.5. The lowest BCUT2D eigenvalue weighted by molar-refractivity contribution is -0.140. The summed E-state index contributed by atoms with van der Waals surface area (Å²) >= 11 is 5.89. The molecule has 4 nitrogen and oxygen atoms in total. The second kappa shape index (κ2) is 6.47. The van der Waals surface area contributed by atoms with Crippen LogP contribution in [0.2, 0.25) is 5.02 Å². The Kier molecular flexibility index (Phi) is 5.25. The van der Waals surface area contributed by atoms with E-state index in [1.807, 2.05) is 0 Å². The van der Waals surface area contributed by atoms with Gasteiger partial charge in [0, 0.05) is 23.7 Å². The van der Waals surface area contributed by atoms with Crippen molar-refractivity contribution in [1.82, 2.24) is 5.32 Å². The fourth-order valence-corrected chi connectivity index (χ4v) is 1.59. The Morgan fingerprint density at radius 3 is 2.88 bits per heavy atom. The highest BCUT2D eigenvalue weighted by Gasteiger charge is 2.10. The Hall–Kier alpha value is -1.26. The van der Waals surface area contributed by atoms with Gasteiger partial charge in [0.15, 0.2) is 0 Å². The molecule has 17 heavy (non-hydrogen) atoms. The minimum absolute atomic E-state index is 0.408. The Labute approximate surface area is 106 Å². The summed E-state index contributed by atoms with van der Waals surface area (Å²) in [6.45, 7) is 2.59. The standard InChI is InChI=1S/C12H16ClNO3/c1-8(12(15)16)6-14-7-9-5-10(13)3-4-11(9)17-2/h3-5,8,14H,6-7H2,1-2H3,(H,15,16). The van der Waals surface area contributed by atoms with Crippen LogP contribution in [0.15, 0.2) is 18.2 Å². The molecule has 0 aromatic heterocycles. The molecule has 5 heteroatoms. The molecule has 0 heterocycles. The average Bonchev–Trinajstić information content (AvgIpc) is 2.29. The van der Waals surface area contributed by atoms with Gasteiger partial charge in [0.1, 0.15) is 5.75 Å². The largest absolute Gasteiger partial charge is 0.496 e. The smallest absolute Gasteiger partial charge is 0.307 e. The molecule has 0 aliphatic rings. The molecule has 2 N–H and O–H groups in total. The quantitative estimate of drug-likeness (QED) is 0.820. The third-order valence-corrected chi connectivity index (χ3v) is 2.67. The van der Waals surface area contributed by atoms with Gasteiger partial charge in [-0.05, 0) is 18.2 Å². The van der Waals surface area contributed by atoms with E-state index in [-0.39, 0.29) is 0 Å². The maximum atomic E-state index is 10.6. The summed E-state index contributed by atoms with van der Waals surface area (Å²) in [5.41, 5.74) is 0.914. The van der Waals surface area contributed by atoms with Crippen molar-refractivity contribution in [3.05, 3.63) is 28.8 Å². The summed E-state index contributed by atoms with van der Waals surface area (Å²) in [7, 11) is 1.59.